The third-order valence-corrected chi connectivity index (χ3v) is 3.90. The molecule has 1 unspecified atom stereocenters. The van der Waals surface area contributed by atoms with Crippen LogP contribution in [0.3, 0.4) is 0 Å². The molecule has 1 aromatic rings. The average Bonchev–Trinajstić information content (AvgIpc) is 2.35. The summed E-state index contributed by atoms with van der Waals surface area (Å²) in [5.74, 6) is 0.0213. The molecular weight excluding hydrogens is 240 g/mol. The highest BCUT2D eigenvalue weighted by atomic mass is 32.2. The van der Waals surface area contributed by atoms with Gasteiger partial charge in [0.25, 0.3) is 0 Å². The molecule has 1 rings (SSSR count). The zero-order valence-electron chi connectivity index (χ0n) is 9.83. The third kappa shape index (κ3) is 5.25. The molecule has 1 aromatic heterocycles. The molecule has 1 atom stereocenters. The maximum absolute atomic E-state index is 11.7. The van der Waals surface area contributed by atoms with Crippen LogP contribution >= 0.6 is 0 Å². The highest BCUT2D eigenvalue weighted by Gasteiger charge is 2.15. The number of aryl methyl sites for hydroxylation is 1. The minimum Gasteiger partial charge on any atom is -0.395 e. The highest BCUT2D eigenvalue weighted by molar-refractivity contribution is 7.89. The predicted molar refractivity (Wildman–Crippen MR) is 66.0 cm³/mol. The molecule has 0 amide bonds. The molecule has 0 aliphatic rings. The van der Waals surface area contributed by atoms with E-state index in [1.165, 1.54) is 0 Å². The van der Waals surface area contributed by atoms with E-state index in [1.54, 1.807) is 24.5 Å². The standard InChI is InChI=1S/C11H18N2O3S/c1-2-11(9-14)13-17(15,16)8-5-10-3-6-12-7-4-10/h3-4,6-7,11,13-14H,2,5,8-9H2,1H3. The molecule has 0 aromatic carbocycles. The van der Waals surface area contributed by atoms with Crippen molar-refractivity contribution in [2.24, 2.45) is 0 Å². The zero-order valence-corrected chi connectivity index (χ0v) is 10.7. The second kappa shape index (κ2) is 6.68. The number of sulfonamides is 1. The van der Waals surface area contributed by atoms with Gasteiger partial charge in [0.2, 0.25) is 10.0 Å². The van der Waals surface area contributed by atoms with Crippen LogP contribution in [0.5, 0.6) is 0 Å². The van der Waals surface area contributed by atoms with Crippen LogP contribution in [-0.2, 0) is 16.4 Å². The van der Waals surface area contributed by atoms with Crippen LogP contribution in [-0.4, -0.2) is 36.9 Å². The first-order valence-corrected chi connectivity index (χ1v) is 7.22. The van der Waals surface area contributed by atoms with Crippen molar-refractivity contribution in [1.82, 2.24) is 9.71 Å². The van der Waals surface area contributed by atoms with Crippen LogP contribution in [0.2, 0.25) is 0 Å². The first-order valence-electron chi connectivity index (χ1n) is 5.57. The Bertz CT molecular complexity index is 416. The molecule has 2 N–H and O–H groups in total. The van der Waals surface area contributed by atoms with Crippen LogP contribution in [0.25, 0.3) is 0 Å². The first-order chi connectivity index (χ1) is 8.07. The Hall–Kier alpha value is -0.980. The Morgan fingerprint density at radius 2 is 2.06 bits per heavy atom. The topological polar surface area (TPSA) is 79.3 Å². The lowest BCUT2D eigenvalue weighted by molar-refractivity contribution is 0.254. The number of aromatic nitrogens is 1. The fourth-order valence-corrected chi connectivity index (χ4v) is 2.74. The van der Waals surface area contributed by atoms with Crippen LogP contribution in [0.4, 0.5) is 0 Å². The second-order valence-electron chi connectivity index (χ2n) is 3.83. The number of hydrogen-bond acceptors (Lipinski definition) is 4. The number of aliphatic hydroxyl groups excluding tert-OH is 1. The number of pyridine rings is 1. The van der Waals surface area contributed by atoms with Gasteiger partial charge in [0, 0.05) is 18.4 Å². The van der Waals surface area contributed by atoms with Crippen molar-refractivity contribution in [2.45, 2.75) is 25.8 Å². The Balaban J connectivity index is 2.50. The second-order valence-corrected chi connectivity index (χ2v) is 5.70. The summed E-state index contributed by atoms with van der Waals surface area (Å²) in [6, 6.07) is 3.19. The normalized spacial score (nSPS) is 13.5. The lowest BCUT2D eigenvalue weighted by Gasteiger charge is -2.14. The van der Waals surface area contributed by atoms with Gasteiger partial charge in [-0.1, -0.05) is 6.92 Å². The monoisotopic (exact) mass is 258 g/mol. The largest absolute Gasteiger partial charge is 0.395 e. The quantitative estimate of drug-likeness (QED) is 0.738. The van der Waals surface area contributed by atoms with Crippen LogP contribution in [0.1, 0.15) is 18.9 Å². The number of nitrogens with zero attached hydrogens (tertiary/aromatic N) is 1. The Morgan fingerprint density at radius 3 is 2.59 bits per heavy atom. The molecule has 5 nitrogen and oxygen atoms in total. The van der Waals surface area contributed by atoms with Gasteiger partial charge < -0.3 is 5.11 Å². The van der Waals surface area contributed by atoms with Crippen molar-refractivity contribution in [2.75, 3.05) is 12.4 Å². The fourth-order valence-electron chi connectivity index (χ4n) is 1.36. The third-order valence-electron chi connectivity index (χ3n) is 2.47. The van der Waals surface area contributed by atoms with Gasteiger partial charge in [-0.05, 0) is 30.5 Å². The molecule has 0 radical (unpaired) electrons. The van der Waals surface area contributed by atoms with Crippen LogP contribution in [0, 0.1) is 0 Å². The number of hydrogen-bond donors (Lipinski definition) is 2. The Morgan fingerprint density at radius 1 is 1.41 bits per heavy atom. The minimum atomic E-state index is -3.33. The van der Waals surface area contributed by atoms with E-state index in [4.69, 9.17) is 5.11 Å². The van der Waals surface area contributed by atoms with Crippen molar-refractivity contribution in [3.05, 3.63) is 30.1 Å². The van der Waals surface area contributed by atoms with Gasteiger partial charge in [-0.25, -0.2) is 13.1 Å². The van der Waals surface area contributed by atoms with Crippen molar-refractivity contribution in [1.29, 1.82) is 0 Å². The Labute approximate surface area is 102 Å². The summed E-state index contributed by atoms with van der Waals surface area (Å²) >= 11 is 0. The molecule has 0 bridgehead atoms. The number of nitrogens with one attached hydrogen (secondary N) is 1. The fraction of sp³-hybridized carbons (Fsp3) is 0.545. The number of aliphatic hydroxyl groups is 1. The molecule has 1 heterocycles. The molecule has 17 heavy (non-hydrogen) atoms. The summed E-state index contributed by atoms with van der Waals surface area (Å²) in [4.78, 5) is 3.87. The van der Waals surface area contributed by atoms with Gasteiger partial charge in [-0.2, -0.15) is 0 Å². The van der Waals surface area contributed by atoms with Gasteiger partial charge in [0.15, 0.2) is 0 Å². The summed E-state index contributed by atoms with van der Waals surface area (Å²) in [5.41, 5.74) is 0.933. The predicted octanol–water partition coefficient (Wildman–Crippen LogP) is 0.314. The van der Waals surface area contributed by atoms with E-state index in [9.17, 15) is 8.42 Å². The smallest absolute Gasteiger partial charge is 0.212 e. The van der Waals surface area contributed by atoms with E-state index in [0.717, 1.165) is 5.56 Å². The van der Waals surface area contributed by atoms with Gasteiger partial charge in [-0.3, -0.25) is 4.98 Å². The summed E-state index contributed by atoms with van der Waals surface area (Å²) < 4.78 is 25.9. The minimum absolute atomic E-state index is 0.0213. The van der Waals surface area contributed by atoms with E-state index in [0.29, 0.717) is 12.8 Å². The zero-order chi connectivity index (χ0) is 12.7. The van der Waals surface area contributed by atoms with E-state index in [-0.39, 0.29) is 12.4 Å². The van der Waals surface area contributed by atoms with Crippen molar-refractivity contribution >= 4 is 10.0 Å². The maximum atomic E-state index is 11.7. The first kappa shape index (κ1) is 14.1. The van der Waals surface area contributed by atoms with E-state index in [1.807, 2.05) is 6.92 Å². The van der Waals surface area contributed by atoms with Crippen molar-refractivity contribution in [3.63, 3.8) is 0 Å². The highest BCUT2D eigenvalue weighted by Crippen LogP contribution is 2.01. The maximum Gasteiger partial charge on any atom is 0.212 e. The van der Waals surface area contributed by atoms with Crippen molar-refractivity contribution in [3.8, 4) is 0 Å². The molecule has 0 aliphatic heterocycles. The van der Waals surface area contributed by atoms with Gasteiger partial charge in [0.05, 0.1) is 12.4 Å². The van der Waals surface area contributed by atoms with E-state index < -0.39 is 16.1 Å². The van der Waals surface area contributed by atoms with Crippen molar-refractivity contribution < 1.29 is 13.5 Å². The number of rotatable bonds is 7. The molecule has 96 valence electrons. The summed E-state index contributed by atoms with van der Waals surface area (Å²) in [7, 11) is -3.33. The van der Waals surface area contributed by atoms with Gasteiger partial charge in [0.1, 0.15) is 0 Å². The summed E-state index contributed by atoms with van der Waals surface area (Å²) in [6.07, 6.45) is 4.29. The molecule has 0 fully saturated rings. The van der Waals surface area contributed by atoms with Crippen LogP contribution in [0.15, 0.2) is 24.5 Å². The molecular formula is C11H18N2O3S. The van der Waals surface area contributed by atoms with Gasteiger partial charge in [-0.15, -0.1) is 0 Å². The SMILES string of the molecule is CCC(CO)NS(=O)(=O)CCc1ccncc1. The molecule has 0 saturated carbocycles. The molecule has 0 saturated heterocycles. The van der Waals surface area contributed by atoms with Gasteiger partial charge >= 0.3 is 0 Å². The average molecular weight is 258 g/mol. The molecule has 6 heteroatoms. The van der Waals surface area contributed by atoms with E-state index >= 15 is 0 Å². The Kier molecular flexibility index (Phi) is 5.54. The summed E-state index contributed by atoms with van der Waals surface area (Å²) in [5, 5.41) is 8.94. The molecule has 0 aliphatic carbocycles. The molecule has 0 spiro atoms. The lowest BCUT2D eigenvalue weighted by atomic mass is 10.2. The van der Waals surface area contributed by atoms with Crippen LogP contribution < -0.4 is 4.72 Å². The van der Waals surface area contributed by atoms with E-state index in [2.05, 4.69) is 9.71 Å². The lowest BCUT2D eigenvalue weighted by Crippen LogP contribution is -2.38. The summed E-state index contributed by atoms with van der Waals surface area (Å²) in [6.45, 7) is 1.65.